The summed E-state index contributed by atoms with van der Waals surface area (Å²) in [4.78, 5) is 5.69. The van der Waals surface area contributed by atoms with Crippen LogP contribution in [-0.2, 0) is 0 Å². The third-order valence-corrected chi connectivity index (χ3v) is 3.52. The van der Waals surface area contributed by atoms with Crippen LogP contribution in [0.2, 0.25) is 0 Å². The first-order valence-electron chi connectivity index (χ1n) is 5.35. The number of aryl methyl sites for hydroxylation is 2. The lowest BCUT2D eigenvalue weighted by molar-refractivity contribution is 0.690. The van der Waals surface area contributed by atoms with E-state index in [-0.39, 0.29) is 6.04 Å². The second-order valence-corrected chi connectivity index (χ2v) is 5.06. The highest BCUT2D eigenvalue weighted by atomic mass is 32.1. The van der Waals surface area contributed by atoms with Crippen LogP contribution in [0.15, 0.2) is 29.8 Å². The predicted octanol–water partition coefficient (Wildman–Crippen LogP) is 3.07. The van der Waals surface area contributed by atoms with E-state index in [1.54, 1.807) is 11.3 Å². The van der Waals surface area contributed by atoms with Crippen molar-refractivity contribution in [2.24, 2.45) is 0 Å². The number of hydrogen-bond donors (Lipinski definition) is 1. The Morgan fingerprint density at radius 2 is 2.06 bits per heavy atom. The van der Waals surface area contributed by atoms with Crippen LogP contribution in [0.4, 0.5) is 0 Å². The fraction of sp³-hybridized carbons (Fsp3) is 0.308. The van der Waals surface area contributed by atoms with Gasteiger partial charge in [-0.1, -0.05) is 6.07 Å². The third kappa shape index (κ3) is 2.31. The number of nitrogens with zero attached hydrogens (tertiary/aromatic N) is 1. The van der Waals surface area contributed by atoms with E-state index in [0.29, 0.717) is 0 Å². The van der Waals surface area contributed by atoms with E-state index in [1.165, 1.54) is 16.0 Å². The average Bonchev–Trinajstić information content (AvgIpc) is 2.69. The van der Waals surface area contributed by atoms with Gasteiger partial charge in [0, 0.05) is 16.8 Å². The summed E-state index contributed by atoms with van der Waals surface area (Å²) in [6.45, 7) is 4.14. The van der Waals surface area contributed by atoms with E-state index in [9.17, 15) is 0 Å². The Kier molecular flexibility index (Phi) is 3.36. The van der Waals surface area contributed by atoms with Crippen molar-refractivity contribution in [2.45, 2.75) is 19.9 Å². The van der Waals surface area contributed by atoms with Crippen LogP contribution in [0.5, 0.6) is 0 Å². The second kappa shape index (κ2) is 4.76. The minimum Gasteiger partial charge on any atom is -0.309 e. The van der Waals surface area contributed by atoms with Gasteiger partial charge in [-0.15, -0.1) is 11.3 Å². The van der Waals surface area contributed by atoms with Gasteiger partial charge in [0.1, 0.15) is 0 Å². The van der Waals surface area contributed by atoms with Crippen LogP contribution < -0.4 is 5.32 Å². The summed E-state index contributed by atoms with van der Waals surface area (Å²) in [5, 5.41) is 5.54. The molecule has 1 N–H and O–H groups in total. The molecule has 0 bridgehead atoms. The summed E-state index contributed by atoms with van der Waals surface area (Å²) < 4.78 is 0. The molecule has 2 aromatic rings. The largest absolute Gasteiger partial charge is 0.309 e. The predicted molar refractivity (Wildman–Crippen MR) is 68.9 cm³/mol. The Balaban J connectivity index is 2.32. The van der Waals surface area contributed by atoms with E-state index in [0.717, 1.165) is 5.69 Å². The molecule has 2 rings (SSSR count). The average molecular weight is 232 g/mol. The number of rotatable bonds is 3. The van der Waals surface area contributed by atoms with E-state index in [2.05, 4.69) is 40.8 Å². The lowest BCUT2D eigenvalue weighted by Gasteiger charge is -2.15. The van der Waals surface area contributed by atoms with Gasteiger partial charge < -0.3 is 5.32 Å². The van der Waals surface area contributed by atoms with Gasteiger partial charge in [-0.25, -0.2) is 0 Å². The first kappa shape index (κ1) is 11.3. The molecule has 0 radical (unpaired) electrons. The fourth-order valence-electron chi connectivity index (χ4n) is 1.79. The summed E-state index contributed by atoms with van der Waals surface area (Å²) >= 11 is 1.79. The molecule has 0 saturated heterocycles. The van der Waals surface area contributed by atoms with Crippen molar-refractivity contribution < 1.29 is 0 Å². The highest BCUT2D eigenvalue weighted by Gasteiger charge is 2.13. The quantitative estimate of drug-likeness (QED) is 0.879. The molecule has 1 atom stereocenters. The zero-order valence-corrected chi connectivity index (χ0v) is 10.6. The molecule has 3 heteroatoms. The van der Waals surface area contributed by atoms with E-state index in [1.807, 2.05) is 20.2 Å². The lowest BCUT2D eigenvalue weighted by atomic mass is 10.0. The van der Waals surface area contributed by atoms with Crippen molar-refractivity contribution in [3.8, 4) is 0 Å². The van der Waals surface area contributed by atoms with Gasteiger partial charge in [0.2, 0.25) is 0 Å². The van der Waals surface area contributed by atoms with Crippen LogP contribution in [0.3, 0.4) is 0 Å². The molecule has 2 aromatic heterocycles. The Hall–Kier alpha value is -1.19. The summed E-state index contributed by atoms with van der Waals surface area (Å²) in [7, 11) is 1.98. The van der Waals surface area contributed by atoms with Crippen molar-refractivity contribution in [1.29, 1.82) is 0 Å². The molecule has 0 amide bonds. The summed E-state index contributed by atoms with van der Waals surface area (Å²) in [6.07, 6.45) is 1.95. The Bertz CT molecular complexity index is 459. The van der Waals surface area contributed by atoms with Gasteiger partial charge in [0.05, 0.1) is 6.04 Å². The summed E-state index contributed by atoms with van der Waals surface area (Å²) in [5.41, 5.74) is 3.58. The van der Waals surface area contributed by atoms with E-state index < -0.39 is 0 Å². The summed E-state index contributed by atoms with van der Waals surface area (Å²) in [6, 6.07) is 6.67. The molecule has 1 unspecified atom stereocenters. The molecule has 0 aliphatic heterocycles. The highest BCUT2D eigenvalue weighted by Crippen LogP contribution is 2.25. The Morgan fingerprint density at radius 1 is 1.25 bits per heavy atom. The van der Waals surface area contributed by atoms with Gasteiger partial charge in [0.15, 0.2) is 0 Å². The zero-order valence-electron chi connectivity index (χ0n) is 9.82. The van der Waals surface area contributed by atoms with Gasteiger partial charge in [0.25, 0.3) is 0 Å². The molecule has 0 saturated carbocycles. The van der Waals surface area contributed by atoms with Crippen molar-refractivity contribution in [2.75, 3.05) is 7.05 Å². The standard InChI is InChI=1S/C13H16N2S/c1-9-4-5-11(7-15-9)13(14-3)12-6-10(2)16-8-12/h4-8,13-14H,1-3H3. The molecule has 84 valence electrons. The maximum Gasteiger partial charge on any atom is 0.0597 e. The zero-order chi connectivity index (χ0) is 11.5. The van der Waals surface area contributed by atoms with Gasteiger partial charge in [-0.2, -0.15) is 0 Å². The number of pyridine rings is 1. The van der Waals surface area contributed by atoms with Crippen molar-refractivity contribution in [3.63, 3.8) is 0 Å². The van der Waals surface area contributed by atoms with E-state index >= 15 is 0 Å². The van der Waals surface area contributed by atoms with Gasteiger partial charge in [-0.3, -0.25) is 4.98 Å². The molecule has 0 spiro atoms. The maximum absolute atomic E-state index is 4.34. The molecule has 0 aliphatic rings. The molecular formula is C13H16N2S. The topological polar surface area (TPSA) is 24.9 Å². The van der Waals surface area contributed by atoms with Crippen molar-refractivity contribution in [3.05, 3.63) is 51.5 Å². The number of nitrogens with one attached hydrogen (secondary N) is 1. The van der Waals surface area contributed by atoms with Crippen LogP contribution in [0.25, 0.3) is 0 Å². The number of thiophene rings is 1. The number of hydrogen-bond acceptors (Lipinski definition) is 3. The summed E-state index contributed by atoms with van der Waals surface area (Å²) in [5.74, 6) is 0. The molecule has 0 aromatic carbocycles. The van der Waals surface area contributed by atoms with Gasteiger partial charge in [-0.05, 0) is 49.5 Å². The molecule has 16 heavy (non-hydrogen) atoms. The van der Waals surface area contributed by atoms with Crippen LogP contribution in [0, 0.1) is 13.8 Å². The molecule has 0 aliphatic carbocycles. The maximum atomic E-state index is 4.34. The molecular weight excluding hydrogens is 216 g/mol. The first-order valence-corrected chi connectivity index (χ1v) is 6.23. The molecule has 2 nitrogen and oxygen atoms in total. The smallest absolute Gasteiger partial charge is 0.0597 e. The van der Waals surface area contributed by atoms with Crippen LogP contribution in [-0.4, -0.2) is 12.0 Å². The first-order chi connectivity index (χ1) is 7.70. The highest BCUT2D eigenvalue weighted by molar-refractivity contribution is 7.10. The Labute approximate surface area is 100 Å². The number of aromatic nitrogens is 1. The third-order valence-electron chi connectivity index (χ3n) is 2.64. The van der Waals surface area contributed by atoms with E-state index in [4.69, 9.17) is 0 Å². The van der Waals surface area contributed by atoms with Crippen molar-refractivity contribution in [1.82, 2.24) is 10.3 Å². The SMILES string of the molecule is CNC(c1ccc(C)nc1)c1csc(C)c1. The minimum absolute atomic E-state index is 0.248. The normalized spacial score (nSPS) is 12.7. The minimum atomic E-state index is 0.248. The monoisotopic (exact) mass is 232 g/mol. The Morgan fingerprint density at radius 3 is 2.56 bits per heavy atom. The van der Waals surface area contributed by atoms with Gasteiger partial charge >= 0.3 is 0 Å². The van der Waals surface area contributed by atoms with Crippen molar-refractivity contribution >= 4 is 11.3 Å². The molecule has 2 heterocycles. The lowest BCUT2D eigenvalue weighted by Crippen LogP contribution is -2.17. The molecule has 0 fully saturated rings. The fourth-order valence-corrected chi connectivity index (χ4v) is 2.52. The second-order valence-electron chi connectivity index (χ2n) is 3.95. The van der Waals surface area contributed by atoms with Crippen LogP contribution >= 0.6 is 11.3 Å². The van der Waals surface area contributed by atoms with Crippen LogP contribution in [0.1, 0.15) is 27.7 Å².